The van der Waals surface area contributed by atoms with Crippen molar-refractivity contribution < 1.29 is 21.6 Å². The van der Waals surface area contributed by atoms with Gasteiger partial charge in [0, 0.05) is 11.8 Å². The number of thiazole rings is 1. The smallest absolute Gasteiger partial charge is 0.267 e. The highest BCUT2D eigenvalue weighted by molar-refractivity contribution is 7.98. The van der Waals surface area contributed by atoms with Crippen LogP contribution in [0.5, 0.6) is 0 Å². The minimum absolute atomic E-state index is 0.0727. The van der Waals surface area contributed by atoms with Crippen LogP contribution in [-0.4, -0.2) is 29.6 Å². The molecule has 0 radical (unpaired) electrons. The van der Waals surface area contributed by atoms with Gasteiger partial charge in [0.2, 0.25) is 0 Å². The van der Waals surface area contributed by atoms with Gasteiger partial charge in [0.1, 0.15) is 11.6 Å². The fraction of sp³-hybridized carbons (Fsp3) is 0.0500. The summed E-state index contributed by atoms with van der Waals surface area (Å²) in [6, 6.07) is 8.10. The normalized spacial score (nSPS) is 11.5. The molecule has 170 valence electrons. The average Bonchev–Trinajstić information content (AvgIpc) is 3.16. The van der Waals surface area contributed by atoms with E-state index in [9.17, 15) is 17.2 Å². The second-order valence-corrected chi connectivity index (χ2v) is 9.91. The molecule has 13 heteroatoms. The van der Waals surface area contributed by atoms with Gasteiger partial charge in [-0.05, 0) is 36.6 Å². The zero-order chi connectivity index (χ0) is 23.8. The average molecular weight is 510 g/mol. The van der Waals surface area contributed by atoms with Gasteiger partial charge in [0.15, 0.2) is 21.0 Å². The van der Waals surface area contributed by atoms with Crippen molar-refractivity contribution >= 4 is 43.9 Å². The third-order valence-electron chi connectivity index (χ3n) is 4.38. The Morgan fingerprint density at radius 2 is 1.73 bits per heavy atom. The maximum atomic E-state index is 15.4. The molecule has 2 aromatic heterocycles. The molecule has 33 heavy (non-hydrogen) atoms. The van der Waals surface area contributed by atoms with Crippen molar-refractivity contribution in [3.05, 3.63) is 66.1 Å². The van der Waals surface area contributed by atoms with Gasteiger partial charge in [0.25, 0.3) is 10.0 Å². The highest BCUT2D eigenvalue weighted by atomic mass is 32.2. The van der Waals surface area contributed by atoms with Crippen molar-refractivity contribution in [3.63, 3.8) is 0 Å². The van der Waals surface area contributed by atoms with Crippen molar-refractivity contribution in [2.45, 2.75) is 10.1 Å². The molecule has 2 heterocycles. The quantitative estimate of drug-likeness (QED) is 0.284. The second-order valence-electron chi connectivity index (χ2n) is 6.48. The van der Waals surface area contributed by atoms with E-state index in [2.05, 4.69) is 15.0 Å². The van der Waals surface area contributed by atoms with Gasteiger partial charge < -0.3 is 5.73 Å². The predicted molar refractivity (Wildman–Crippen MR) is 122 cm³/mol. The van der Waals surface area contributed by atoms with Gasteiger partial charge in [-0.2, -0.15) is 0 Å². The summed E-state index contributed by atoms with van der Waals surface area (Å²) in [5.41, 5.74) is 5.87. The van der Waals surface area contributed by atoms with Crippen LogP contribution in [0.3, 0.4) is 0 Å². The number of nitrogen functional groups attached to an aromatic ring is 1. The minimum atomic E-state index is -4.77. The van der Waals surface area contributed by atoms with Crippen molar-refractivity contribution in [1.29, 1.82) is 0 Å². The number of aromatic nitrogens is 3. The van der Waals surface area contributed by atoms with Crippen molar-refractivity contribution in [2.24, 2.45) is 0 Å². The lowest BCUT2D eigenvalue weighted by Gasteiger charge is -2.12. The van der Waals surface area contributed by atoms with Crippen LogP contribution in [0.2, 0.25) is 0 Å². The van der Waals surface area contributed by atoms with E-state index in [0.717, 1.165) is 35.6 Å². The molecule has 0 saturated carbocycles. The molecular formula is C20H14F3N5O2S3. The van der Waals surface area contributed by atoms with E-state index in [1.807, 2.05) is 4.72 Å². The van der Waals surface area contributed by atoms with Crippen molar-refractivity contribution in [2.75, 3.05) is 16.7 Å². The Kier molecular flexibility index (Phi) is 6.28. The molecule has 0 atom stereocenters. The second kappa shape index (κ2) is 9.00. The third-order valence-corrected chi connectivity index (χ3v) is 7.26. The van der Waals surface area contributed by atoms with E-state index >= 15 is 4.39 Å². The predicted octanol–water partition coefficient (Wildman–Crippen LogP) is 4.79. The molecule has 0 bridgehead atoms. The van der Waals surface area contributed by atoms with Gasteiger partial charge in [-0.3, -0.25) is 4.72 Å². The first kappa shape index (κ1) is 23.0. The van der Waals surface area contributed by atoms with Crippen LogP contribution in [0.15, 0.2) is 58.7 Å². The molecule has 0 aliphatic heterocycles. The van der Waals surface area contributed by atoms with E-state index in [-0.39, 0.29) is 16.4 Å². The van der Waals surface area contributed by atoms with Crippen LogP contribution in [0.1, 0.15) is 0 Å². The lowest BCUT2D eigenvalue weighted by atomic mass is 10.1. The molecule has 4 aromatic rings. The van der Waals surface area contributed by atoms with Crippen LogP contribution in [0.25, 0.3) is 21.8 Å². The molecular weight excluding hydrogens is 495 g/mol. The summed E-state index contributed by atoms with van der Waals surface area (Å²) >= 11 is 2.39. The third kappa shape index (κ3) is 4.51. The molecule has 3 N–H and O–H groups in total. The number of anilines is 2. The molecule has 0 fully saturated rings. The molecule has 4 rings (SSSR count). The van der Waals surface area contributed by atoms with Gasteiger partial charge in [0.05, 0.1) is 22.0 Å². The number of hydrogen-bond acceptors (Lipinski definition) is 8. The van der Waals surface area contributed by atoms with Crippen LogP contribution in [0, 0.1) is 17.5 Å². The fourth-order valence-corrected chi connectivity index (χ4v) is 5.36. The van der Waals surface area contributed by atoms with Crippen LogP contribution in [-0.2, 0) is 10.0 Å². The highest BCUT2D eigenvalue weighted by Crippen LogP contribution is 2.40. The lowest BCUT2D eigenvalue weighted by Crippen LogP contribution is -2.17. The van der Waals surface area contributed by atoms with E-state index in [1.54, 1.807) is 12.3 Å². The summed E-state index contributed by atoms with van der Waals surface area (Å²) in [5.74, 6) is -3.60. The Morgan fingerprint density at radius 3 is 2.42 bits per heavy atom. The number of hydrogen-bond donors (Lipinski definition) is 2. The monoisotopic (exact) mass is 509 g/mol. The molecule has 7 nitrogen and oxygen atoms in total. The largest absolute Gasteiger partial charge is 0.375 e. The summed E-state index contributed by atoms with van der Waals surface area (Å²) < 4.78 is 70.6. The van der Waals surface area contributed by atoms with E-state index < -0.39 is 38.1 Å². The molecule has 0 saturated heterocycles. The Labute approximate surface area is 195 Å². The summed E-state index contributed by atoms with van der Waals surface area (Å²) in [4.78, 5) is 11.9. The first-order valence-corrected chi connectivity index (χ1v) is 12.6. The Bertz CT molecular complexity index is 1440. The van der Waals surface area contributed by atoms with E-state index in [4.69, 9.17) is 5.73 Å². The maximum absolute atomic E-state index is 15.4. The Hall–Kier alpha value is -3.16. The summed E-state index contributed by atoms with van der Waals surface area (Å²) in [7, 11) is -4.77. The first-order chi connectivity index (χ1) is 15.7. The highest BCUT2D eigenvalue weighted by Gasteiger charge is 2.26. The number of nitrogens with zero attached hydrogens (tertiary/aromatic N) is 3. The fourth-order valence-electron chi connectivity index (χ4n) is 2.99. The Balaban J connectivity index is 1.79. The van der Waals surface area contributed by atoms with Gasteiger partial charge in [-0.25, -0.2) is 36.5 Å². The van der Waals surface area contributed by atoms with Gasteiger partial charge >= 0.3 is 0 Å². The van der Waals surface area contributed by atoms with Crippen LogP contribution >= 0.6 is 23.1 Å². The molecule has 0 amide bonds. The summed E-state index contributed by atoms with van der Waals surface area (Å²) in [6.45, 7) is 0. The number of benzene rings is 2. The minimum Gasteiger partial charge on any atom is -0.375 e. The number of nitrogens with two attached hydrogens (primary N) is 1. The number of nitrogens with one attached hydrogen (secondary N) is 1. The summed E-state index contributed by atoms with van der Waals surface area (Å²) in [6.07, 6.45) is 3.34. The molecule has 0 unspecified atom stereocenters. The molecule has 0 spiro atoms. The molecule has 0 aliphatic carbocycles. The number of thioether (sulfide) groups is 1. The lowest BCUT2D eigenvalue weighted by molar-refractivity contribution is 0.521. The van der Waals surface area contributed by atoms with E-state index in [0.29, 0.717) is 15.7 Å². The van der Waals surface area contributed by atoms with Gasteiger partial charge in [-0.1, -0.05) is 35.2 Å². The standard InChI is InChI=1S/C20H14F3N5O2S3/c1-31-20-25-9-8-14(26-20)17-16(27-19(24)32-17)10-4-2-7-13(15(10)23)28-33(29,30)18-11(21)5-3-6-12(18)22/h2-9,28H,1H3,(H2,24,27). The Morgan fingerprint density at radius 1 is 1.03 bits per heavy atom. The zero-order valence-electron chi connectivity index (χ0n) is 16.7. The van der Waals surface area contributed by atoms with Crippen LogP contribution in [0.4, 0.5) is 24.0 Å². The number of halogens is 3. The van der Waals surface area contributed by atoms with Crippen molar-refractivity contribution in [3.8, 4) is 21.8 Å². The number of rotatable bonds is 6. The topological polar surface area (TPSA) is 111 Å². The first-order valence-electron chi connectivity index (χ1n) is 9.10. The SMILES string of the molecule is CSc1nccc(-c2sc(N)nc2-c2cccc(NS(=O)(=O)c3c(F)cccc3F)c2F)n1. The zero-order valence-corrected chi connectivity index (χ0v) is 19.2. The van der Waals surface area contributed by atoms with Crippen LogP contribution < -0.4 is 10.5 Å². The summed E-state index contributed by atoms with van der Waals surface area (Å²) in [5, 5.41) is 0.627. The molecule has 2 aromatic carbocycles. The van der Waals surface area contributed by atoms with Crippen molar-refractivity contribution in [1.82, 2.24) is 15.0 Å². The van der Waals surface area contributed by atoms with E-state index in [1.165, 1.54) is 30.1 Å². The maximum Gasteiger partial charge on any atom is 0.267 e. The number of sulfonamides is 1. The van der Waals surface area contributed by atoms with Gasteiger partial charge in [-0.15, -0.1) is 0 Å². The molecule has 0 aliphatic rings.